The van der Waals surface area contributed by atoms with E-state index in [9.17, 15) is 24.5 Å². The molecule has 4 rings (SSSR count). The van der Waals surface area contributed by atoms with Crippen LogP contribution in [0.15, 0.2) is 76.1 Å². The van der Waals surface area contributed by atoms with E-state index in [1.165, 1.54) is 18.2 Å². The normalized spacial score (nSPS) is 14.2. The van der Waals surface area contributed by atoms with Crippen LogP contribution in [0.1, 0.15) is 11.1 Å². The Hall–Kier alpha value is -3.67. The second kappa shape index (κ2) is 11.6. The summed E-state index contributed by atoms with van der Waals surface area (Å²) in [5.41, 5.74) is 1.67. The van der Waals surface area contributed by atoms with Crippen molar-refractivity contribution in [1.29, 1.82) is 0 Å². The predicted octanol–water partition coefficient (Wildman–Crippen LogP) is 6.26. The smallest absolute Gasteiger partial charge is 0.294 e. The van der Waals surface area contributed by atoms with Crippen molar-refractivity contribution in [1.82, 2.24) is 4.90 Å². The van der Waals surface area contributed by atoms with Gasteiger partial charge < -0.3 is 10.1 Å². The number of thioether (sulfide) groups is 1. The molecule has 0 spiro atoms. The Labute approximate surface area is 228 Å². The number of anilines is 1. The van der Waals surface area contributed by atoms with Crippen LogP contribution in [0.25, 0.3) is 6.08 Å². The number of hydrogen-bond acceptors (Lipinski definition) is 7. The molecule has 0 radical (unpaired) electrons. The summed E-state index contributed by atoms with van der Waals surface area (Å²) in [6, 6.07) is 17.7. The molecular weight excluding hydrogens is 586 g/mol. The number of ether oxygens (including phenoxy) is 1. The standard InChI is InChI=1S/C25H17BrClN3O6S/c26-17-6-9-21(36-14-15-4-7-20(8-5-15)30(34)35)16(10-17)11-22-24(32)29(25(33)37-22)13-23(31)28-19-3-1-2-18(27)12-19/h1-12H,13-14H2,(H,28,31)/b22-11-. The van der Waals surface area contributed by atoms with Gasteiger partial charge in [0.1, 0.15) is 18.9 Å². The van der Waals surface area contributed by atoms with Crippen LogP contribution < -0.4 is 10.1 Å². The molecule has 0 unspecified atom stereocenters. The lowest BCUT2D eigenvalue weighted by Crippen LogP contribution is -2.36. The van der Waals surface area contributed by atoms with E-state index in [0.717, 1.165) is 21.1 Å². The van der Waals surface area contributed by atoms with Crippen LogP contribution in [0, 0.1) is 10.1 Å². The van der Waals surface area contributed by atoms with E-state index in [0.29, 0.717) is 27.6 Å². The van der Waals surface area contributed by atoms with Gasteiger partial charge in [-0.2, -0.15) is 0 Å². The molecule has 37 heavy (non-hydrogen) atoms. The summed E-state index contributed by atoms with van der Waals surface area (Å²) < 4.78 is 6.61. The third kappa shape index (κ3) is 6.76. The fraction of sp³-hybridized carbons (Fsp3) is 0.0800. The Morgan fingerprint density at radius 2 is 1.89 bits per heavy atom. The number of carbonyl (C=O) groups is 3. The molecule has 1 saturated heterocycles. The summed E-state index contributed by atoms with van der Waals surface area (Å²) in [7, 11) is 0. The zero-order chi connectivity index (χ0) is 26.5. The molecule has 1 fully saturated rings. The minimum absolute atomic E-state index is 0.0231. The van der Waals surface area contributed by atoms with Gasteiger partial charge in [0.15, 0.2) is 0 Å². The summed E-state index contributed by atoms with van der Waals surface area (Å²) in [4.78, 5) is 49.2. The van der Waals surface area contributed by atoms with Gasteiger partial charge in [-0.1, -0.05) is 33.6 Å². The van der Waals surface area contributed by atoms with E-state index in [1.807, 2.05) is 0 Å². The Kier molecular flexibility index (Phi) is 8.27. The average molecular weight is 603 g/mol. The van der Waals surface area contributed by atoms with Gasteiger partial charge in [0, 0.05) is 32.9 Å². The molecule has 0 aromatic heterocycles. The number of nitro benzene ring substituents is 1. The molecule has 3 aromatic carbocycles. The second-order valence-corrected chi connectivity index (χ2v) is 10.1. The van der Waals surface area contributed by atoms with Crippen molar-refractivity contribution in [2.75, 3.05) is 11.9 Å². The van der Waals surface area contributed by atoms with Crippen LogP contribution >= 0.6 is 39.3 Å². The van der Waals surface area contributed by atoms with E-state index >= 15 is 0 Å². The Balaban J connectivity index is 1.47. The molecule has 188 valence electrons. The summed E-state index contributed by atoms with van der Waals surface area (Å²) in [5.74, 6) is -0.704. The lowest BCUT2D eigenvalue weighted by Gasteiger charge is -2.13. The van der Waals surface area contributed by atoms with Crippen LogP contribution in [0.2, 0.25) is 5.02 Å². The van der Waals surface area contributed by atoms with Crippen LogP contribution in [0.4, 0.5) is 16.2 Å². The minimum Gasteiger partial charge on any atom is -0.488 e. The van der Waals surface area contributed by atoms with Crippen molar-refractivity contribution in [2.45, 2.75) is 6.61 Å². The largest absolute Gasteiger partial charge is 0.488 e. The van der Waals surface area contributed by atoms with Gasteiger partial charge in [-0.05, 0) is 71.9 Å². The lowest BCUT2D eigenvalue weighted by molar-refractivity contribution is -0.384. The first kappa shape index (κ1) is 26.4. The third-order valence-corrected chi connectivity index (χ3v) is 6.72. The lowest BCUT2D eigenvalue weighted by atomic mass is 10.1. The molecule has 12 heteroatoms. The van der Waals surface area contributed by atoms with Crippen LogP contribution in [0.3, 0.4) is 0 Å². The molecule has 1 N–H and O–H groups in total. The first-order chi connectivity index (χ1) is 17.7. The molecule has 1 aliphatic rings. The van der Waals surface area contributed by atoms with Gasteiger partial charge in [0.2, 0.25) is 5.91 Å². The molecule has 0 saturated carbocycles. The highest BCUT2D eigenvalue weighted by atomic mass is 79.9. The predicted molar refractivity (Wildman–Crippen MR) is 144 cm³/mol. The topological polar surface area (TPSA) is 119 Å². The van der Waals surface area contributed by atoms with Crippen LogP contribution in [-0.2, 0) is 16.2 Å². The van der Waals surface area contributed by atoms with Crippen molar-refractivity contribution in [3.8, 4) is 5.75 Å². The SMILES string of the molecule is O=C(CN1C(=O)S/C(=C\c2cc(Br)ccc2OCc2ccc([N+](=O)[O-])cc2)C1=O)Nc1cccc(Cl)c1. The molecule has 0 aliphatic carbocycles. The van der Waals surface area contributed by atoms with Crippen LogP contribution in [-0.4, -0.2) is 33.4 Å². The van der Waals surface area contributed by atoms with Crippen molar-refractivity contribution in [2.24, 2.45) is 0 Å². The Morgan fingerprint density at radius 1 is 1.14 bits per heavy atom. The van der Waals surface area contributed by atoms with Gasteiger partial charge in [-0.15, -0.1) is 0 Å². The van der Waals surface area contributed by atoms with Gasteiger partial charge in [-0.3, -0.25) is 29.4 Å². The Morgan fingerprint density at radius 3 is 2.59 bits per heavy atom. The quantitative estimate of drug-likeness (QED) is 0.183. The van der Waals surface area contributed by atoms with Gasteiger partial charge in [0.25, 0.3) is 16.8 Å². The maximum absolute atomic E-state index is 12.9. The minimum atomic E-state index is -0.600. The number of rotatable bonds is 8. The number of nitrogens with one attached hydrogen (secondary N) is 1. The maximum Gasteiger partial charge on any atom is 0.294 e. The number of carbonyl (C=O) groups excluding carboxylic acids is 3. The van der Waals surface area contributed by atoms with E-state index < -0.39 is 28.5 Å². The van der Waals surface area contributed by atoms with Gasteiger partial charge >= 0.3 is 0 Å². The number of nitrogens with zero attached hydrogens (tertiary/aromatic N) is 2. The van der Waals surface area contributed by atoms with E-state index in [2.05, 4.69) is 21.2 Å². The zero-order valence-corrected chi connectivity index (χ0v) is 22.0. The number of nitro groups is 1. The molecular formula is C25H17BrClN3O6S. The summed E-state index contributed by atoms with van der Waals surface area (Å²) in [6.07, 6.45) is 1.52. The van der Waals surface area contributed by atoms with E-state index in [-0.39, 0.29) is 17.2 Å². The number of imide groups is 1. The summed E-state index contributed by atoms with van der Waals surface area (Å²) in [5, 5.41) is 13.3. The van der Waals surface area contributed by atoms with Crippen molar-refractivity contribution in [3.05, 3.63) is 102 Å². The van der Waals surface area contributed by atoms with E-state index in [1.54, 1.807) is 54.6 Å². The Bertz CT molecular complexity index is 1430. The first-order valence-electron chi connectivity index (χ1n) is 10.7. The first-order valence-corrected chi connectivity index (χ1v) is 12.6. The van der Waals surface area contributed by atoms with Crippen molar-refractivity contribution >= 4 is 73.8 Å². The highest BCUT2D eigenvalue weighted by Crippen LogP contribution is 2.35. The van der Waals surface area contributed by atoms with Crippen LogP contribution in [0.5, 0.6) is 5.75 Å². The van der Waals surface area contributed by atoms with Gasteiger partial charge in [0.05, 0.1) is 9.83 Å². The average Bonchev–Trinajstić information content (AvgIpc) is 3.11. The van der Waals surface area contributed by atoms with Crippen molar-refractivity contribution < 1.29 is 24.0 Å². The second-order valence-electron chi connectivity index (χ2n) is 7.72. The molecule has 0 bridgehead atoms. The number of halogens is 2. The molecule has 1 heterocycles. The highest BCUT2D eigenvalue weighted by Gasteiger charge is 2.36. The number of benzene rings is 3. The molecule has 9 nitrogen and oxygen atoms in total. The summed E-state index contributed by atoms with van der Waals surface area (Å²) in [6.45, 7) is -0.317. The number of non-ortho nitro benzene ring substituents is 1. The highest BCUT2D eigenvalue weighted by molar-refractivity contribution is 9.10. The molecule has 1 aliphatic heterocycles. The fourth-order valence-corrected chi connectivity index (χ4v) is 4.72. The molecule has 3 amide bonds. The third-order valence-electron chi connectivity index (χ3n) is 5.08. The fourth-order valence-electron chi connectivity index (χ4n) is 3.33. The van der Waals surface area contributed by atoms with Crippen molar-refractivity contribution in [3.63, 3.8) is 0 Å². The monoisotopic (exact) mass is 601 g/mol. The number of amides is 3. The number of hydrogen-bond donors (Lipinski definition) is 1. The van der Waals surface area contributed by atoms with E-state index in [4.69, 9.17) is 16.3 Å². The molecule has 3 aromatic rings. The summed E-state index contributed by atoms with van der Waals surface area (Å²) >= 11 is 10.0. The zero-order valence-electron chi connectivity index (χ0n) is 18.9. The van der Waals surface area contributed by atoms with Gasteiger partial charge in [-0.25, -0.2) is 0 Å². The maximum atomic E-state index is 12.9. The molecule has 0 atom stereocenters.